The molecule has 0 amide bonds. The van der Waals surface area contributed by atoms with Crippen molar-refractivity contribution in [2.45, 2.75) is 44.2 Å². The minimum absolute atomic E-state index is 0.474. The van der Waals surface area contributed by atoms with Gasteiger partial charge in [0, 0.05) is 18.0 Å². The molecule has 0 radical (unpaired) electrons. The molecule has 112 valence electrons. The Bertz CT molecular complexity index is 558. The number of hydrogen-bond acceptors (Lipinski definition) is 3. The molecule has 21 heavy (non-hydrogen) atoms. The Balaban J connectivity index is 1.53. The van der Waals surface area contributed by atoms with Crippen molar-refractivity contribution >= 4 is 11.3 Å². The van der Waals surface area contributed by atoms with Gasteiger partial charge in [0.05, 0.1) is 5.60 Å². The van der Waals surface area contributed by atoms with Crippen LogP contribution in [0.15, 0.2) is 41.8 Å². The summed E-state index contributed by atoms with van der Waals surface area (Å²) in [5, 5.41) is 16.1. The molecule has 0 saturated heterocycles. The summed E-state index contributed by atoms with van der Waals surface area (Å²) in [6, 6.07) is 12.7. The fourth-order valence-corrected chi connectivity index (χ4v) is 3.92. The van der Waals surface area contributed by atoms with E-state index in [2.05, 4.69) is 41.0 Å². The van der Waals surface area contributed by atoms with Crippen LogP contribution >= 0.6 is 11.3 Å². The van der Waals surface area contributed by atoms with Crippen LogP contribution < -0.4 is 5.32 Å². The molecular formula is C18H23NOS. The summed E-state index contributed by atoms with van der Waals surface area (Å²) in [7, 11) is 0. The van der Waals surface area contributed by atoms with Gasteiger partial charge in [-0.3, -0.25) is 0 Å². The van der Waals surface area contributed by atoms with Gasteiger partial charge in [-0.25, -0.2) is 0 Å². The molecule has 1 heterocycles. The van der Waals surface area contributed by atoms with Gasteiger partial charge in [0.2, 0.25) is 0 Å². The van der Waals surface area contributed by atoms with Gasteiger partial charge in [0.15, 0.2) is 0 Å². The largest absolute Gasteiger partial charge is 0.389 e. The molecule has 3 rings (SSSR count). The highest BCUT2D eigenvalue weighted by molar-refractivity contribution is 7.10. The number of hydrogen-bond donors (Lipinski definition) is 2. The van der Waals surface area contributed by atoms with Gasteiger partial charge < -0.3 is 10.4 Å². The van der Waals surface area contributed by atoms with E-state index in [1.54, 1.807) is 11.3 Å². The Morgan fingerprint density at radius 3 is 2.57 bits per heavy atom. The number of nitrogens with one attached hydrogen (secondary N) is 1. The SMILES string of the molecule is OC1(CNCc2cc(-c3ccccc3)cs2)CCCCC1. The monoisotopic (exact) mass is 301 g/mol. The van der Waals surface area contributed by atoms with Crippen LogP contribution in [0.2, 0.25) is 0 Å². The van der Waals surface area contributed by atoms with E-state index in [9.17, 15) is 5.11 Å². The third kappa shape index (κ3) is 3.94. The third-order valence-corrected chi connectivity index (χ3v) is 5.24. The number of thiophene rings is 1. The average Bonchev–Trinajstić information content (AvgIpc) is 2.98. The van der Waals surface area contributed by atoms with Crippen molar-refractivity contribution in [3.8, 4) is 11.1 Å². The Morgan fingerprint density at radius 1 is 1.05 bits per heavy atom. The maximum absolute atomic E-state index is 10.5. The fraction of sp³-hybridized carbons (Fsp3) is 0.444. The molecule has 1 aromatic carbocycles. The van der Waals surface area contributed by atoms with Crippen LogP contribution in [0.5, 0.6) is 0 Å². The first-order chi connectivity index (χ1) is 10.3. The van der Waals surface area contributed by atoms with Gasteiger partial charge in [0.1, 0.15) is 0 Å². The quantitative estimate of drug-likeness (QED) is 0.867. The number of aliphatic hydroxyl groups is 1. The Labute approximate surface area is 130 Å². The number of rotatable bonds is 5. The standard InChI is InChI=1S/C18H23NOS/c20-18(9-5-2-6-10-18)14-19-12-17-11-16(13-21-17)15-7-3-1-4-8-15/h1,3-4,7-8,11,13,19-20H,2,5-6,9-10,12,14H2. The summed E-state index contributed by atoms with van der Waals surface area (Å²) >= 11 is 1.79. The maximum atomic E-state index is 10.5. The molecule has 1 saturated carbocycles. The first-order valence-corrected chi connectivity index (χ1v) is 8.69. The molecule has 0 bridgehead atoms. The zero-order chi connectivity index (χ0) is 14.5. The highest BCUT2D eigenvalue weighted by atomic mass is 32.1. The second-order valence-corrected chi connectivity index (χ2v) is 7.05. The van der Waals surface area contributed by atoms with Gasteiger partial charge in [0.25, 0.3) is 0 Å². The van der Waals surface area contributed by atoms with Crippen molar-refractivity contribution in [3.63, 3.8) is 0 Å². The Kier molecular flexibility index (Phi) is 4.73. The van der Waals surface area contributed by atoms with Crippen molar-refractivity contribution in [1.29, 1.82) is 0 Å². The molecule has 0 atom stereocenters. The van der Waals surface area contributed by atoms with Gasteiger partial charge in [-0.05, 0) is 35.4 Å². The lowest BCUT2D eigenvalue weighted by molar-refractivity contribution is 0.00472. The lowest BCUT2D eigenvalue weighted by Gasteiger charge is -2.32. The predicted octanol–water partition coefficient (Wildman–Crippen LogP) is 4.20. The van der Waals surface area contributed by atoms with Crippen molar-refractivity contribution in [3.05, 3.63) is 46.7 Å². The van der Waals surface area contributed by atoms with E-state index < -0.39 is 5.60 Å². The van der Waals surface area contributed by atoms with Crippen molar-refractivity contribution in [2.75, 3.05) is 6.54 Å². The zero-order valence-electron chi connectivity index (χ0n) is 12.3. The Morgan fingerprint density at radius 2 is 1.81 bits per heavy atom. The highest BCUT2D eigenvalue weighted by Gasteiger charge is 2.28. The normalized spacial score (nSPS) is 17.8. The van der Waals surface area contributed by atoms with E-state index in [0.717, 1.165) is 32.2 Å². The van der Waals surface area contributed by atoms with E-state index in [1.165, 1.54) is 22.4 Å². The second kappa shape index (κ2) is 6.73. The minimum atomic E-state index is -0.474. The van der Waals surface area contributed by atoms with Gasteiger partial charge in [-0.1, -0.05) is 49.6 Å². The fourth-order valence-electron chi connectivity index (χ4n) is 3.06. The van der Waals surface area contributed by atoms with Gasteiger partial charge in [-0.2, -0.15) is 0 Å². The zero-order valence-corrected chi connectivity index (χ0v) is 13.2. The summed E-state index contributed by atoms with van der Waals surface area (Å²) in [5.74, 6) is 0. The summed E-state index contributed by atoms with van der Waals surface area (Å²) in [5.41, 5.74) is 2.08. The topological polar surface area (TPSA) is 32.3 Å². The van der Waals surface area contributed by atoms with E-state index in [1.807, 2.05) is 6.07 Å². The number of benzene rings is 1. The van der Waals surface area contributed by atoms with Crippen LogP contribution in [0.1, 0.15) is 37.0 Å². The molecule has 1 aliphatic carbocycles. The van der Waals surface area contributed by atoms with Crippen molar-refractivity contribution in [2.24, 2.45) is 0 Å². The molecule has 0 aliphatic heterocycles. The third-order valence-electron chi connectivity index (χ3n) is 4.30. The first-order valence-electron chi connectivity index (χ1n) is 7.81. The first kappa shape index (κ1) is 14.8. The lowest BCUT2D eigenvalue weighted by atomic mass is 9.85. The molecule has 0 spiro atoms. The maximum Gasteiger partial charge on any atom is 0.0771 e. The van der Waals surface area contributed by atoms with Crippen molar-refractivity contribution < 1.29 is 5.11 Å². The van der Waals surface area contributed by atoms with Crippen molar-refractivity contribution in [1.82, 2.24) is 5.32 Å². The minimum Gasteiger partial charge on any atom is -0.389 e. The van der Waals surface area contributed by atoms with Crippen LogP contribution in [-0.2, 0) is 6.54 Å². The average molecular weight is 301 g/mol. The molecule has 3 heteroatoms. The highest BCUT2D eigenvalue weighted by Crippen LogP contribution is 2.28. The smallest absolute Gasteiger partial charge is 0.0771 e. The van der Waals surface area contributed by atoms with E-state index in [-0.39, 0.29) is 0 Å². The summed E-state index contributed by atoms with van der Waals surface area (Å²) in [6.45, 7) is 1.56. The molecule has 0 unspecified atom stereocenters. The van der Waals surface area contributed by atoms with Gasteiger partial charge >= 0.3 is 0 Å². The van der Waals surface area contributed by atoms with Crippen LogP contribution in [0, 0.1) is 0 Å². The molecule has 2 nitrogen and oxygen atoms in total. The van der Waals surface area contributed by atoms with Crippen LogP contribution in [0.4, 0.5) is 0 Å². The second-order valence-electron chi connectivity index (χ2n) is 6.06. The predicted molar refractivity (Wildman–Crippen MR) is 89.5 cm³/mol. The molecular weight excluding hydrogens is 278 g/mol. The molecule has 2 aromatic rings. The summed E-state index contributed by atoms with van der Waals surface area (Å²) in [6.07, 6.45) is 5.48. The van der Waals surface area contributed by atoms with E-state index in [4.69, 9.17) is 0 Å². The summed E-state index contributed by atoms with van der Waals surface area (Å²) < 4.78 is 0. The molecule has 2 N–H and O–H groups in total. The van der Waals surface area contributed by atoms with Crippen LogP contribution in [0.25, 0.3) is 11.1 Å². The molecule has 1 fully saturated rings. The van der Waals surface area contributed by atoms with E-state index >= 15 is 0 Å². The molecule has 1 aromatic heterocycles. The van der Waals surface area contributed by atoms with Crippen LogP contribution in [0.3, 0.4) is 0 Å². The Hall–Kier alpha value is -1.16. The lowest BCUT2D eigenvalue weighted by Crippen LogP contribution is -2.41. The van der Waals surface area contributed by atoms with Crippen LogP contribution in [-0.4, -0.2) is 17.3 Å². The molecule has 1 aliphatic rings. The van der Waals surface area contributed by atoms with E-state index in [0.29, 0.717) is 6.54 Å². The summed E-state index contributed by atoms with van der Waals surface area (Å²) in [4.78, 5) is 1.33. The van der Waals surface area contributed by atoms with Gasteiger partial charge in [-0.15, -0.1) is 11.3 Å².